The third-order valence-electron chi connectivity index (χ3n) is 3.08. The van der Waals surface area contributed by atoms with E-state index in [2.05, 4.69) is 0 Å². The summed E-state index contributed by atoms with van der Waals surface area (Å²) in [7, 11) is 1.56. The lowest BCUT2D eigenvalue weighted by Gasteiger charge is -2.18. The molecule has 120 valence electrons. The summed E-state index contributed by atoms with van der Waals surface area (Å²) >= 11 is 1.14. The third-order valence-corrected chi connectivity index (χ3v) is 6.31. The topological polar surface area (TPSA) is 83.7 Å². The number of hydrogen-bond donors (Lipinski definition) is 1. The monoisotopic (exact) mass is 333 g/mol. The second-order valence-corrected chi connectivity index (χ2v) is 8.22. The molecule has 2 N–H and O–H groups in total. The van der Waals surface area contributed by atoms with Gasteiger partial charge >= 0.3 is 0 Å². The minimum absolute atomic E-state index is 0.0451. The minimum Gasteiger partial charge on any atom is -0.396 e. The molecule has 0 unspecified atom stereocenters. The zero-order chi connectivity index (χ0) is 16.4. The van der Waals surface area contributed by atoms with Crippen LogP contribution in [0.4, 0.5) is 10.7 Å². The van der Waals surface area contributed by atoms with E-state index >= 15 is 0 Å². The summed E-state index contributed by atoms with van der Waals surface area (Å²) in [6.45, 7) is 4.28. The molecule has 0 aliphatic rings. The number of amides is 1. The van der Waals surface area contributed by atoms with Crippen molar-refractivity contribution in [2.75, 3.05) is 44.1 Å². The summed E-state index contributed by atoms with van der Waals surface area (Å²) in [5.74, 6) is -0.322. The van der Waals surface area contributed by atoms with Crippen LogP contribution in [-0.2, 0) is 9.84 Å². The van der Waals surface area contributed by atoms with E-state index in [-0.39, 0.29) is 27.1 Å². The molecular weight excluding hydrogens is 310 g/mol. The molecule has 0 saturated carbocycles. The van der Waals surface area contributed by atoms with Gasteiger partial charge in [-0.3, -0.25) is 4.79 Å². The van der Waals surface area contributed by atoms with Crippen molar-refractivity contribution in [2.45, 2.75) is 25.2 Å². The lowest BCUT2D eigenvalue weighted by molar-refractivity contribution is 0.0833. The Morgan fingerprint density at radius 3 is 2.24 bits per heavy atom. The van der Waals surface area contributed by atoms with Crippen molar-refractivity contribution >= 4 is 37.8 Å². The van der Waals surface area contributed by atoms with Gasteiger partial charge in [-0.25, -0.2) is 8.42 Å². The quantitative estimate of drug-likeness (QED) is 0.856. The molecule has 0 aromatic carbocycles. The Bertz CT molecular complexity index is 621. The molecule has 0 atom stereocenters. The van der Waals surface area contributed by atoms with Crippen LogP contribution in [0.5, 0.6) is 0 Å². The number of anilines is 2. The SMILES string of the molecule is CCCN(C)c1sc(C(=O)N(C)C)c(N)c1S(=O)(=O)CC. The summed E-state index contributed by atoms with van der Waals surface area (Å²) in [5, 5.41) is 0.543. The van der Waals surface area contributed by atoms with Gasteiger partial charge in [0.1, 0.15) is 14.8 Å². The van der Waals surface area contributed by atoms with Gasteiger partial charge in [-0.05, 0) is 6.42 Å². The van der Waals surface area contributed by atoms with Crippen LogP contribution in [0, 0.1) is 0 Å². The van der Waals surface area contributed by atoms with Gasteiger partial charge in [0.05, 0.1) is 11.4 Å². The Balaban J connectivity index is 3.56. The van der Waals surface area contributed by atoms with Gasteiger partial charge in [0, 0.05) is 27.7 Å². The minimum atomic E-state index is -3.49. The maximum absolute atomic E-state index is 12.3. The van der Waals surface area contributed by atoms with E-state index in [1.807, 2.05) is 18.9 Å². The number of carbonyl (C=O) groups excluding carboxylic acids is 1. The van der Waals surface area contributed by atoms with Gasteiger partial charge in [-0.2, -0.15) is 0 Å². The van der Waals surface area contributed by atoms with E-state index in [0.29, 0.717) is 11.5 Å². The first-order valence-corrected chi connectivity index (χ1v) is 9.22. The van der Waals surface area contributed by atoms with Crippen molar-refractivity contribution in [3.63, 3.8) is 0 Å². The number of nitrogens with zero attached hydrogens (tertiary/aromatic N) is 2. The molecule has 21 heavy (non-hydrogen) atoms. The van der Waals surface area contributed by atoms with E-state index in [9.17, 15) is 13.2 Å². The van der Waals surface area contributed by atoms with Crippen LogP contribution in [-0.4, -0.2) is 52.7 Å². The summed E-state index contributed by atoms with van der Waals surface area (Å²) in [5.41, 5.74) is 6.06. The Hall–Kier alpha value is -1.28. The van der Waals surface area contributed by atoms with Crippen LogP contribution in [0.2, 0.25) is 0 Å². The second kappa shape index (κ2) is 6.65. The number of rotatable bonds is 6. The largest absolute Gasteiger partial charge is 0.396 e. The molecule has 1 aromatic rings. The molecule has 1 heterocycles. The fourth-order valence-electron chi connectivity index (χ4n) is 1.91. The lowest BCUT2D eigenvalue weighted by atomic mass is 10.3. The lowest BCUT2D eigenvalue weighted by Crippen LogP contribution is -2.21. The highest BCUT2D eigenvalue weighted by Crippen LogP contribution is 2.42. The van der Waals surface area contributed by atoms with E-state index in [1.54, 1.807) is 21.0 Å². The molecule has 0 spiro atoms. The van der Waals surface area contributed by atoms with Crippen LogP contribution in [0.15, 0.2) is 4.90 Å². The molecule has 0 aliphatic heterocycles. The van der Waals surface area contributed by atoms with Crippen molar-refractivity contribution in [3.05, 3.63) is 4.88 Å². The fraction of sp³-hybridized carbons (Fsp3) is 0.615. The number of carbonyl (C=O) groups is 1. The highest BCUT2D eigenvalue weighted by Gasteiger charge is 2.30. The second-order valence-electron chi connectivity index (χ2n) is 5.00. The molecule has 1 amide bonds. The van der Waals surface area contributed by atoms with Gasteiger partial charge in [0.2, 0.25) is 0 Å². The molecule has 0 fully saturated rings. The molecular formula is C13H23N3O3S2. The highest BCUT2D eigenvalue weighted by atomic mass is 32.2. The Kier molecular flexibility index (Phi) is 5.63. The summed E-state index contributed by atoms with van der Waals surface area (Å²) in [4.78, 5) is 15.8. The third kappa shape index (κ3) is 3.49. The summed E-state index contributed by atoms with van der Waals surface area (Å²) < 4.78 is 24.7. The molecule has 1 rings (SSSR count). The van der Waals surface area contributed by atoms with E-state index in [4.69, 9.17) is 5.73 Å². The average molecular weight is 333 g/mol. The maximum atomic E-state index is 12.3. The summed E-state index contributed by atoms with van der Waals surface area (Å²) in [6, 6.07) is 0. The number of hydrogen-bond acceptors (Lipinski definition) is 6. The molecule has 8 heteroatoms. The highest BCUT2D eigenvalue weighted by molar-refractivity contribution is 7.92. The normalized spacial score (nSPS) is 11.5. The van der Waals surface area contributed by atoms with Crippen LogP contribution in [0.25, 0.3) is 0 Å². The average Bonchev–Trinajstić information content (AvgIpc) is 2.76. The maximum Gasteiger partial charge on any atom is 0.265 e. The first-order chi connectivity index (χ1) is 9.67. The Morgan fingerprint density at radius 1 is 1.24 bits per heavy atom. The van der Waals surface area contributed by atoms with Crippen molar-refractivity contribution in [2.24, 2.45) is 0 Å². The number of thiophene rings is 1. The molecule has 1 aromatic heterocycles. The number of sulfone groups is 1. The van der Waals surface area contributed by atoms with E-state index < -0.39 is 9.84 Å². The Labute approximate surface area is 130 Å². The predicted molar refractivity (Wildman–Crippen MR) is 88.0 cm³/mol. The van der Waals surface area contributed by atoms with E-state index in [0.717, 1.165) is 17.8 Å². The zero-order valence-corrected chi connectivity index (χ0v) is 14.8. The molecule has 0 bridgehead atoms. The number of nitrogens with two attached hydrogens (primary N) is 1. The van der Waals surface area contributed by atoms with Gasteiger partial charge in [-0.15, -0.1) is 11.3 Å². The molecule has 0 radical (unpaired) electrons. The van der Waals surface area contributed by atoms with Crippen LogP contribution in [0.3, 0.4) is 0 Å². The first-order valence-electron chi connectivity index (χ1n) is 6.75. The van der Waals surface area contributed by atoms with Crippen LogP contribution >= 0.6 is 11.3 Å². The van der Waals surface area contributed by atoms with Gasteiger partial charge in [-0.1, -0.05) is 13.8 Å². The molecule has 0 aliphatic carbocycles. The fourth-order valence-corrected chi connectivity index (χ4v) is 4.75. The van der Waals surface area contributed by atoms with Crippen molar-refractivity contribution in [1.29, 1.82) is 0 Å². The van der Waals surface area contributed by atoms with Gasteiger partial charge in [0.15, 0.2) is 9.84 Å². The summed E-state index contributed by atoms with van der Waals surface area (Å²) in [6.07, 6.45) is 0.872. The standard InChI is InChI=1S/C13H23N3O3S2/c1-6-8-16(5)13-11(21(18,19)7-2)9(14)10(20-13)12(17)15(3)4/h6-8,14H2,1-5H3. The van der Waals surface area contributed by atoms with Crippen molar-refractivity contribution < 1.29 is 13.2 Å². The predicted octanol–water partition coefficient (Wildman–Crippen LogP) is 1.67. The van der Waals surface area contributed by atoms with Crippen molar-refractivity contribution in [1.82, 2.24) is 4.90 Å². The van der Waals surface area contributed by atoms with Gasteiger partial charge in [0.25, 0.3) is 5.91 Å². The van der Waals surface area contributed by atoms with Crippen LogP contribution < -0.4 is 10.6 Å². The van der Waals surface area contributed by atoms with Gasteiger partial charge < -0.3 is 15.5 Å². The molecule has 0 saturated heterocycles. The smallest absolute Gasteiger partial charge is 0.265 e. The van der Waals surface area contributed by atoms with Crippen LogP contribution in [0.1, 0.15) is 29.9 Å². The first kappa shape index (κ1) is 17.8. The molecule has 6 nitrogen and oxygen atoms in total. The zero-order valence-electron chi connectivity index (χ0n) is 13.1. The Morgan fingerprint density at radius 2 is 1.81 bits per heavy atom. The van der Waals surface area contributed by atoms with Crippen molar-refractivity contribution in [3.8, 4) is 0 Å². The number of nitrogen functional groups attached to an aromatic ring is 1. The van der Waals surface area contributed by atoms with E-state index in [1.165, 1.54) is 4.90 Å².